The average Bonchev–Trinajstić information content (AvgIpc) is 3.41. The summed E-state index contributed by atoms with van der Waals surface area (Å²) in [5, 5.41) is 18.7. The number of amides is 1. The Morgan fingerprint density at radius 3 is 2.59 bits per heavy atom. The van der Waals surface area contributed by atoms with E-state index in [1.54, 1.807) is 29.2 Å². The summed E-state index contributed by atoms with van der Waals surface area (Å²) in [7, 11) is 0. The highest BCUT2D eigenvalue weighted by Crippen LogP contribution is 2.24. The molecule has 41 heavy (non-hydrogen) atoms. The number of aromatic nitrogens is 6. The highest BCUT2D eigenvalue weighted by atomic mass is 35.5. The predicted molar refractivity (Wildman–Crippen MR) is 141 cm³/mol. The van der Waals surface area contributed by atoms with E-state index in [9.17, 15) is 27.9 Å². The van der Waals surface area contributed by atoms with Crippen LogP contribution in [0.5, 0.6) is 0 Å². The molecular weight excluding hydrogens is 567 g/mol. The number of carbonyl (C=O) groups is 1. The first-order valence-corrected chi connectivity index (χ1v) is 13.0. The van der Waals surface area contributed by atoms with Crippen LogP contribution in [0.1, 0.15) is 22.6 Å². The molecule has 1 aliphatic heterocycles. The number of alkyl halides is 3. The third kappa shape index (κ3) is 6.34. The Labute approximate surface area is 236 Å². The summed E-state index contributed by atoms with van der Waals surface area (Å²) in [5.41, 5.74) is 0.297. The molecule has 0 spiro atoms. The lowest BCUT2D eigenvalue weighted by molar-refractivity contribution is -0.207. The number of rotatable bonds is 7. The number of aliphatic hydroxyl groups excluding tert-OH is 1. The van der Waals surface area contributed by atoms with Crippen molar-refractivity contribution in [1.82, 2.24) is 34.0 Å². The maximum atomic E-state index is 13.3. The Morgan fingerprint density at radius 2 is 1.83 bits per heavy atom. The van der Waals surface area contributed by atoms with Gasteiger partial charge in [0.25, 0.3) is 5.91 Å². The molecule has 1 amide bonds. The third-order valence-corrected chi connectivity index (χ3v) is 6.73. The number of para-hydroxylation sites is 1. The van der Waals surface area contributed by atoms with Crippen LogP contribution in [0.25, 0.3) is 17.1 Å². The van der Waals surface area contributed by atoms with Gasteiger partial charge in [0.1, 0.15) is 12.9 Å². The lowest BCUT2D eigenvalue weighted by Gasteiger charge is -2.21. The molecule has 15 heteroatoms. The van der Waals surface area contributed by atoms with Crippen molar-refractivity contribution in [2.24, 2.45) is 0 Å². The van der Waals surface area contributed by atoms with Gasteiger partial charge in [-0.15, -0.1) is 10.2 Å². The summed E-state index contributed by atoms with van der Waals surface area (Å²) in [5.74, 6) is -0.151. The van der Waals surface area contributed by atoms with Crippen molar-refractivity contribution in [2.75, 3.05) is 26.3 Å². The molecule has 0 bridgehead atoms. The summed E-state index contributed by atoms with van der Waals surface area (Å²) in [6.07, 6.45) is -5.63. The zero-order chi connectivity index (χ0) is 29.1. The summed E-state index contributed by atoms with van der Waals surface area (Å²) in [6.45, 7) is 0.712. The Balaban J connectivity index is 1.45. The highest BCUT2D eigenvalue weighted by Gasteiger charge is 2.39. The van der Waals surface area contributed by atoms with E-state index in [0.717, 1.165) is 15.7 Å². The van der Waals surface area contributed by atoms with Gasteiger partial charge < -0.3 is 14.7 Å². The lowest BCUT2D eigenvalue weighted by atomic mass is 10.1. The molecule has 1 aliphatic rings. The van der Waals surface area contributed by atoms with E-state index in [2.05, 4.69) is 15.2 Å². The molecule has 0 aliphatic carbocycles. The van der Waals surface area contributed by atoms with E-state index in [0.29, 0.717) is 48.1 Å². The molecule has 11 nitrogen and oxygen atoms in total. The summed E-state index contributed by atoms with van der Waals surface area (Å²) in [6, 6.07) is 12.9. The summed E-state index contributed by atoms with van der Waals surface area (Å²) >= 11 is 5.93. The van der Waals surface area contributed by atoms with Crippen LogP contribution in [0, 0.1) is 0 Å². The molecule has 4 aromatic rings. The second kappa shape index (κ2) is 11.8. The van der Waals surface area contributed by atoms with Crippen LogP contribution in [-0.2, 0) is 17.8 Å². The first-order valence-electron chi connectivity index (χ1n) is 12.7. The van der Waals surface area contributed by atoms with E-state index >= 15 is 0 Å². The van der Waals surface area contributed by atoms with Crippen molar-refractivity contribution >= 4 is 17.5 Å². The summed E-state index contributed by atoms with van der Waals surface area (Å²) in [4.78, 5) is 32.4. The Hall–Kier alpha value is -4.01. The van der Waals surface area contributed by atoms with E-state index in [1.807, 2.05) is 0 Å². The molecular formula is C26H25ClF3N7O4. The van der Waals surface area contributed by atoms with Crippen LogP contribution in [0.3, 0.4) is 0 Å². The third-order valence-electron chi connectivity index (χ3n) is 6.48. The standard InChI is InChI=1S/C26H25ClF3N7O4/c27-18-8-6-17(7-9-18)23-33-36(25(40)35(23)14-21(38)26(28,29)30)15-22-31-16-37(32-22)20-5-2-1-4-19(20)24(39)34-10-3-12-41-13-11-34/h1-2,4-9,16,21,38H,3,10-15H2/t21-/m0/s1. The smallest absolute Gasteiger partial charge is 0.382 e. The van der Waals surface area contributed by atoms with Crippen LogP contribution in [0.15, 0.2) is 59.7 Å². The van der Waals surface area contributed by atoms with Crippen molar-refractivity contribution in [3.05, 3.63) is 81.8 Å². The van der Waals surface area contributed by atoms with Crippen molar-refractivity contribution < 1.29 is 27.8 Å². The first-order chi connectivity index (χ1) is 19.6. The molecule has 0 radical (unpaired) electrons. The van der Waals surface area contributed by atoms with E-state index < -0.39 is 24.5 Å². The maximum Gasteiger partial charge on any atom is 0.416 e. The molecule has 1 saturated heterocycles. The number of nitrogens with zero attached hydrogens (tertiary/aromatic N) is 7. The van der Waals surface area contributed by atoms with Crippen molar-refractivity contribution in [2.45, 2.75) is 31.8 Å². The second-order valence-electron chi connectivity index (χ2n) is 9.32. The number of aliphatic hydroxyl groups is 1. The molecule has 2 aromatic carbocycles. The van der Waals surface area contributed by atoms with Gasteiger partial charge in [0, 0.05) is 30.3 Å². The van der Waals surface area contributed by atoms with E-state index in [-0.39, 0.29) is 24.1 Å². The van der Waals surface area contributed by atoms with Gasteiger partial charge in [-0.3, -0.25) is 9.36 Å². The van der Waals surface area contributed by atoms with Gasteiger partial charge in [-0.1, -0.05) is 23.7 Å². The SMILES string of the molecule is O=C(c1ccccc1-n1cnc(Cn2nc(-c3ccc(Cl)cc3)n(C[C@H](O)C(F)(F)F)c2=O)n1)N1CCCOCC1. The van der Waals surface area contributed by atoms with Crippen molar-refractivity contribution in [3.8, 4) is 17.1 Å². The lowest BCUT2D eigenvalue weighted by Crippen LogP contribution is -2.37. The van der Waals surface area contributed by atoms with Crippen molar-refractivity contribution in [1.29, 1.82) is 0 Å². The molecule has 1 atom stereocenters. The minimum absolute atomic E-state index is 0.0910. The first kappa shape index (κ1) is 28.5. The molecule has 2 aromatic heterocycles. The normalized spacial score (nSPS) is 15.1. The second-order valence-corrected chi connectivity index (χ2v) is 9.76. The minimum atomic E-state index is -4.94. The Kier molecular flexibility index (Phi) is 8.24. The minimum Gasteiger partial charge on any atom is -0.382 e. The highest BCUT2D eigenvalue weighted by molar-refractivity contribution is 6.30. The molecule has 5 rings (SSSR count). The molecule has 3 heterocycles. The van der Waals surface area contributed by atoms with Gasteiger partial charge in [-0.05, 0) is 42.8 Å². The maximum absolute atomic E-state index is 13.3. The van der Waals surface area contributed by atoms with Crippen LogP contribution < -0.4 is 5.69 Å². The fraction of sp³-hybridized carbons (Fsp3) is 0.346. The monoisotopic (exact) mass is 591 g/mol. The van der Waals surface area contributed by atoms with Crippen LogP contribution in [0.2, 0.25) is 5.02 Å². The van der Waals surface area contributed by atoms with Gasteiger partial charge >= 0.3 is 11.9 Å². The van der Waals surface area contributed by atoms with Gasteiger partial charge in [0.15, 0.2) is 17.8 Å². The fourth-order valence-corrected chi connectivity index (χ4v) is 4.52. The Morgan fingerprint density at radius 1 is 1.07 bits per heavy atom. The van der Waals surface area contributed by atoms with E-state index in [1.165, 1.54) is 35.3 Å². The van der Waals surface area contributed by atoms with Crippen LogP contribution in [-0.4, -0.2) is 83.6 Å². The molecule has 1 fully saturated rings. The van der Waals surface area contributed by atoms with Gasteiger partial charge in [-0.2, -0.15) is 13.2 Å². The number of halogens is 4. The quantitative estimate of drug-likeness (QED) is 0.351. The van der Waals surface area contributed by atoms with Gasteiger partial charge in [0.2, 0.25) is 0 Å². The molecule has 0 saturated carbocycles. The molecule has 0 unspecified atom stereocenters. The number of hydrogen-bond acceptors (Lipinski definition) is 7. The fourth-order valence-electron chi connectivity index (χ4n) is 4.39. The topological polar surface area (TPSA) is 120 Å². The number of ether oxygens (including phenoxy) is 1. The van der Waals surface area contributed by atoms with Crippen LogP contribution in [0.4, 0.5) is 13.2 Å². The largest absolute Gasteiger partial charge is 0.416 e. The van der Waals surface area contributed by atoms with Crippen LogP contribution >= 0.6 is 11.6 Å². The average molecular weight is 592 g/mol. The van der Waals surface area contributed by atoms with Gasteiger partial charge in [-0.25, -0.2) is 19.1 Å². The van der Waals surface area contributed by atoms with Gasteiger partial charge in [0.05, 0.1) is 24.4 Å². The number of carbonyl (C=O) groups excluding carboxylic acids is 1. The molecule has 216 valence electrons. The van der Waals surface area contributed by atoms with E-state index in [4.69, 9.17) is 16.3 Å². The predicted octanol–water partition coefficient (Wildman–Crippen LogP) is 2.78. The molecule has 1 N–H and O–H groups in total. The van der Waals surface area contributed by atoms with Crippen molar-refractivity contribution in [3.63, 3.8) is 0 Å². The number of hydrogen-bond donors (Lipinski definition) is 1. The Bertz CT molecular complexity index is 1570. The summed E-state index contributed by atoms with van der Waals surface area (Å²) < 4.78 is 47.9. The zero-order valence-corrected chi connectivity index (χ0v) is 22.3. The zero-order valence-electron chi connectivity index (χ0n) is 21.5. The number of benzene rings is 2.